The Balaban J connectivity index is 1.83. The molecule has 182 valence electrons. The molecule has 0 aromatic rings. The maximum absolute atomic E-state index is 17.2. The largest absolute Gasteiger partial charge is 0.450 e. The predicted molar refractivity (Wildman–Crippen MR) is 125 cm³/mol. The van der Waals surface area contributed by atoms with E-state index in [4.69, 9.17) is 4.74 Å². The van der Waals surface area contributed by atoms with Gasteiger partial charge < -0.3 is 4.74 Å². The zero-order valence-corrected chi connectivity index (χ0v) is 21.6. The van der Waals surface area contributed by atoms with Crippen LogP contribution in [0.1, 0.15) is 79.1 Å². The van der Waals surface area contributed by atoms with Crippen molar-refractivity contribution in [1.82, 2.24) is 0 Å². The van der Waals surface area contributed by atoms with Crippen molar-refractivity contribution < 1.29 is 28.3 Å². The van der Waals surface area contributed by atoms with Gasteiger partial charge in [-0.15, -0.1) is 0 Å². The number of carbonyl (C=O) groups excluding carboxylic acids is 4. The average Bonchev–Trinajstić information content (AvgIpc) is 2.97. The standard InChI is InChI=1S/C26H34BrFO5/c1-5-6-22(32)33-26(21(31)14-27)15(2)11-19-18-8-7-16-12-17(29)9-10-23(16,3)25(18,28)20(30)13-24(19,26)4/h12,15,18-19H,5-11,13-14H2,1-4H3/t15-,18-,19-,23-,24-,25-,26+/m0/s1. The van der Waals surface area contributed by atoms with Crippen LogP contribution < -0.4 is 0 Å². The van der Waals surface area contributed by atoms with Gasteiger partial charge in [0.15, 0.2) is 28.6 Å². The highest BCUT2D eigenvalue weighted by Crippen LogP contribution is 2.71. The van der Waals surface area contributed by atoms with Crippen LogP contribution in [0.25, 0.3) is 0 Å². The SMILES string of the molecule is CCCC(=O)O[C@@]1(C(=O)CBr)[C@@H](C)C[C@H]2[C@@H]3CCC4=CC(=O)CC[C@]4(C)[C@@]3(F)C(=O)C[C@@]21C. The molecule has 3 saturated carbocycles. The van der Waals surface area contributed by atoms with E-state index >= 15 is 4.39 Å². The molecule has 7 atom stereocenters. The summed E-state index contributed by atoms with van der Waals surface area (Å²) in [5.74, 6) is -2.39. The van der Waals surface area contributed by atoms with Crippen LogP contribution in [-0.2, 0) is 23.9 Å². The Labute approximate surface area is 203 Å². The Hall–Kier alpha value is -1.37. The molecule has 4 rings (SSSR count). The van der Waals surface area contributed by atoms with Crippen molar-refractivity contribution in [3.8, 4) is 0 Å². The molecule has 0 heterocycles. The fourth-order valence-corrected chi connectivity index (χ4v) is 8.43. The Morgan fingerprint density at radius 2 is 1.91 bits per heavy atom. The monoisotopic (exact) mass is 524 g/mol. The van der Waals surface area contributed by atoms with E-state index in [1.54, 1.807) is 13.0 Å². The Morgan fingerprint density at radius 3 is 2.55 bits per heavy atom. The van der Waals surface area contributed by atoms with E-state index in [9.17, 15) is 19.2 Å². The van der Waals surface area contributed by atoms with Gasteiger partial charge in [0.2, 0.25) is 0 Å². The van der Waals surface area contributed by atoms with Gasteiger partial charge >= 0.3 is 5.97 Å². The molecule has 0 saturated heterocycles. The Morgan fingerprint density at radius 1 is 1.21 bits per heavy atom. The van der Waals surface area contributed by atoms with E-state index in [2.05, 4.69) is 15.9 Å². The number of allylic oxidation sites excluding steroid dienone is 1. The van der Waals surface area contributed by atoms with Crippen LogP contribution in [0.15, 0.2) is 11.6 Å². The molecule has 4 aliphatic rings. The van der Waals surface area contributed by atoms with Gasteiger partial charge in [-0.3, -0.25) is 19.2 Å². The molecule has 0 bridgehead atoms. The van der Waals surface area contributed by atoms with Crippen LogP contribution in [-0.4, -0.2) is 39.9 Å². The number of rotatable bonds is 5. The first-order valence-electron chi connectivity index (χ1n) is 12.2. The lowest BCUT2D eigenvalue weighted by atomic mass is 9.44. The fourth-order valence-electron chi connectivity index (χ4n) is 8.01. The van der Waals surface area contributed by atoms with Crippen LogP contribution >= 0.6 is 15.9 Å². The second-order valence-electron chi connectivity index (χ2n) is 11.1. The number of hydrogen-bond acceptors (Lipinski definition) is 5. The molecule has 0 radical (unpaired) electrons. The Kier molecular flexibility index (Phi) is 6.07. The zero-order chi connectivity index (χ0) is 24.4. The second kappa shape index (κ2) is 8.10. The van der Waals surface area contributed by atoms with Gasteiger partial charge in [-0.25, -0.2) is 4.39 Å². The molecule has 0 N–H and O–H groups in total. The number of ether oxygens (including phenoxy) is 1. The van der Waals surface area contributed by atoms with Crippen molar-refractivity contribution in [2.24, 2.45) is 28.6 Å². The van der Waals surface area contributed by atoms with Crippen LogP contribution in [0, 0.1) is 28.6 Å². The predicted octanol–water partition coefficient (Wildman–Crippen LogP) is 5.08. The molecule has 0 aliphatic heterocycles. The van der Waals surface area contributed by atoms with E-state index < -0.39 is 39.8 Å². The van der Waals surface area contributed by atoms with Crippen molar-refractivity contribution in [2.45, 2.75) is 90.3 Å². The summed E-state index contributed by atoms with van der Waals surface area (Å²) in [6.07, 6.45) is 4.30. The molecule has 0 amide bonds. The quantitative estimate of drug-likeness (QED) is 0.370. The third-order valence-corrected chi connectivity index (χ3v) is 10.1. The molecular weight excluding hydrogens is 491 g/mol. The van der Waals surface area contributed by atoms with Gasteiger partial charge in [-0.05, 0) is 44.1 Å². The summed E-state index contributed by atoms with van der Waals surface area (Å²) in [6.45, 7) is 7.42. The number of fused-ring (bicyclic) bond motifs is 5. The lowest BCUT2D eigenvalue weighted by Gasteiger charge is -2.60. The summed E-state index contributed by atoms with van der Waals surface area (Å²) in [6, 6.07) is 0. The molecule has 33 heavy (non-hydrogen) atoms. The summed E-state index contributed by atoms with van der Waals surface area (Å²) in [4.78, 5) is 52.0. The van der Waals surface area contributed by atoms with Gasteiger partial charge in [0.05, 0.1) is 5.33 Å². The van der Waals surface area contributed by atoms with Gasteiger partial charge in [-0.1, -0.05) is 49.2 Å². The van der Waals surface area contributed by atoms with E-state index in [1.165, 1.54) is 0 Å². The number of carbonyl (C=O) groups is 4. The summed E-state index contributed by atoms with van der Waals surface area (Å²) in [7, 11) is 0. The van der Waals surface area contributed by atoms with Crippen LogP contribution in [0.3, 0.4) is 0 Å². The normalized spacial score (nSPS) is 44.4. The molecule has 0 spiro atoms. The number of Topliss-reactive ketones (excluding diaryl/α,β-unsaturated/α-hetero) is 2. The van der Waals surface area contributed by atoms with E-state index in [0.29, 0.717) is 32.1 Å². The van der Waals surface area contributed by atoms with Crippen LogP contribution in [0.2, 0.25) is 0 Å². The van der Waals surface area contributed by atoms with Crippen molar-refractivity contribution in [3.05, 3.63) is 11.6 Å². The highest BCUT2D eigenvalue weighted by atomic mass is 79.9. The molecule has 7 heteroatoms. The average molecular weight is 525 g/mol. The van der Waals surface area contributed by atoms with Crippen LogP contribution in [0.5, 0.6) is 0 Å². The number of hydrogen-bond donors (Lipinski definition) is 0. The maximum atomic E-state index is 17.2. The number of halogens is 2. The lowest BCUT2D eigenvalue weighted by molar-refractivity contribution is -0.203. The first-order valence-corrected chi connectivity index (χ1v) is 13.3. The fraction of sp³-hybridized carbons (Fsp3) is 0.769. The highest BCUT2D eigenvalue weighted by Gasteiger charge is 2.77. The minimum Gasteiger partial charge on any atom is -0.450 e. The number of ketones is 3. The highest BCUT2D eigenvalue weighted by molar-refractivity contribution is 9.09. The van der Waals surface area contributed by atoms with Crippen molar-refractivity contribution in [1.29, 1.82) is 0 Å². The third kappa shape index (κ3) is 3.06. The molecule has 0 aromatic heterocycles. The summed E-state index contributed by atoms with van der Waals surface area (Å²) >= 11 is 3.27. The topological polar surface area (TPSA) is 77.5 Å². The Bertz CT molecular complexity index is 945. The minimum atomic E-state index is -2.08. The second-order valence-corrected chi connectivity index (χ2v) is 11.7. The third-order valence-electron chi connectivity index (χ3n) is 9.61. The smallest absolute Gasteiger partial charge is 0.306 e. The van der Waals surface area contributed by atoms with E-state index in [0.717, 1.165) is 5.57 Å². The minimum absolute atomic E-state index is 0.00289. The molecule has 3 fully saturated rings. The van der Waals surface area contributed by atoms with E-state index in [-0.39, 0.29) is 48.0 Å². The van der Waals surface area contributed by atoms with Crippen molar-refractivity contribution >= 4 is 39.2 Å². The van der Waals surface area contributed by atoms with Crippen LogP contribution in [0.4, 0.5) is 4.39 Å². The number of alkyl halides is 2. The summed E-state index contributed by atoms with van der Waals surface area (Å²) in [5, 5.41) is 0.00535. The number of esters is 1. The first-order chi connectivity index (χ1) is 15.4. The zero-order valence-electron chi connectivity index (χ0n) is 20.0. The van der Waals surface area contributed by atoms with Crippen molar-refractivity contribution in [3.63, 3.8) is 0 Å². The van der Waals surface area contributed by atoms with Gasteiger partial charge in [-0.2, -0.15) is 0 Å². The van der Waals surface area contributed by atoms with Gasteiger partial charge in [0.25, 0.3) is 0 Å². The molecule has 0 aromatic carbocycles. The van der Waals surface area contributed by atoms with E-state index in [1.807, 2.05) is 20.8 Å². The molecule has 4 aliphatic carbocycles. The van der Waals surface area contributed by atoms with Crippen molar-refractivity contribution in [2.75, 3.05) is 5.33 Å². The molecule has 0 unspecified atom stereocenters. The van der Waals surface area contributed by atoms with Gasteiger partial charge in [0.1, 0.15) is 0 Å². The molecule has 5 nitrogen and oxygen atoms in total. The summed E-state index contributed by atoms with van der Waals surface area (Å²) < 4.78 is 23.2. The molecular formula is C26H34BrFO5. The lowest BCUT2D eigenvalue weighted by Crippen LogP contribution is -2.69. The summed E-state index contributed by atoms with van der Waals surface area (Å²) in [5.41, 5.74) is -4.76. The first kappa shape index (κ1) is 24.7. The maximum Gasteiger partial charge on any atom is 0.306 e. The van der Waals surface area contributed by atoms with Gasteiger partial charge in [0, 0.05) is 41.9 Å².